The highest BCUT2D eigenvalue weighted by atomic mass is 16.3. The number of phenolic OH excluding ortho intramolecular Hbond substituents is 1. The topological polar surface area (TPSA) is 78.5 Å². The van der Waals surface area contributed by atoms with Crippen LogP contribution >= 0.6 is 0 Å². The van der Waals surface area contributed by atoms with Crippen molar-refractivity contribution < 1.29 is 10.2 Å². The Morgan fingerprint density at radius 2 is 1.79 bits per heavy atom. The number of hydrogen-bond donors (Lipinski definition) is 4. The van der Waals surface area contributed by atoms with Crippen LogP contribution in [0.1, 0.15) is 18.0 Å². The van der Waals surface area contributed by atoms with E-state index in [2.05, 4.69) is 5.32 Å². The second kappa shape index (κ2) is 6.22. The van der Waals surface area contributed by atoms with E-state index >= 15 is 0 Å². The zero-order valence-corrected chi connectivity index (χ0v) is 10.6. The summed E-state index contributed by atoms with van der Waals surface area (Å²) >= 11 is 0. The third kappa shape index (κ3) is 3.71. The van der Waals surface area contributed by atoms with Crippen molar-refractivity contribution >= 4 is 11.4 Å². The molecule has 0 aliphatic rings. The van der Waals surface area contributed by atoms with Gasteiger partial charge in [0.1, 0.15) is 5.75 Å². The van der Waals surface area contributed by atoms with Crippen molar-refractivity contribution in [3.8, 4) is 5.75 Å². The van der Waals surface area contributed by atoms with E-state index < -0.39 is 0 Å². The van der Waals surface area contributed by atoms with Gasteiger partial charge in [-0.3, -0.25) is 0 Å². The minimum atomic E-state index is -0.139. The van der Waals surface area contributed by atoms with E-state index in [0.717, 1.165) is 16.9 Å². The molecule has 0 aromatic heterocycles. The first-order valence-corrected chi connectivity index (χ1v) is 6.21. The largest absolute Gasteiger partial charge is 0.508 e. The molecule has 100 valence electrons. The van der Waals surface area contributed by atoms with Crippen molar-refractivity contribution in [1.29, 1.82) is 0 Å². The molecule has 4 nitrogen and oxygen atoms in total. The quantitative estimate of drug-likeness (QED) is 0.664. The Bertz CT molecular complexity index is 526. The van der Waals surface area contributed by atoms with Gasteiger partial charge in [0.05, 0.1) is 0 Å². The number of phenols is 1. The van der Waals surface area contributed by atoms with Crippen molar-refractivity contribution in [2.24, 2.45) is 5.73 Å². The van der Waals surface area contributed by atoms with Gasteiger partial charge in [0.25, 0.3) is 0 Å². The van der Waals surface area contributed by atoms with E-state index in [4.69, 9.17) is 10.8 Å². The lowest BCUT2D eigenvalue weighted by molar-refractivity contribution is 0.276. The van der Waals surface area contributed by atoms with Crippen LogP contribution in [0.5, 0.6) is 5.75 Å². The van der Waals surface area contributed by atoms with Gasteiger partial charge in [-0.15, -0.1) is 0 Å². The van der Waals surface area contributed by atoms with Gasteiger partial charge in [-0.05, 0) is 36.2 Å². The number of anilines is 2. The van der Waals surface area contributed by atoms with E-state index in [1.54, 1.807) is 18.2 Å². The molecule has 0 bridgehead atoms. The number of aliphatic hydroxyl groups is 1. The Hall–Kier alpha value is -2.04. The zero-order chi connectivity index (χ0) is 13.7. The molecule has 2 aromatic carbocycles. The van der Waals surface area contributed by atoms with Crippen molar-refractivity contribution in [2.75, 3.05) is 11.9 Å². The van der Waals surface area contributed by atoms with Gasteiger partial charge in [0.15, 0.2) is 0 Å². The van der Waals surface area contributed by atoms with E-state index in [0.29, 0.717) is 6.42 Å². The summed E-state index contributed by atoms with van der Waals surface area (Å²) in [5, 5.41) is 21.4. The summed E-state index contributed by atoms with van der Waals surface area (Å²) in [7, 11) is 0. The normalized spacial score (nSPS) is 12.1. The molecule has 0 amide bonds. The standard InChI is InChI=1S/C15H18N2O2/c16-15(8-9-18)11-4-6-12(7-5-11)17-13-2-1-3-14(19)10-13/h1-7,10,15,17-19H,8-9,16H2/t15-/m0/s1. The molecule has 2 rings (SSSR count). The van der Waals surface area contributed by atoms with Gasteiger partial charge in [-0.1, -0.05) is 18.2 Å². The molecule has 2 aromatic rings. The van der Waals surface area contributed by atoms with Gasteiger partial charge in [0, 0.05) is 30.1 Å². The van der Waals surface area contributed by atoms with Crippen LogP contribution in [-0.4, -0.2) is 16.8 Å². The molecule has 0 aliphatic heterocycles. The van der Waals surface area contributed by atoms with Crippen molar-refractivity contribution in [1.82, 2.24) is 0 Å². The molecule has 0 spiro atoms. The van der Waals surface area contributed by atoms with Crippen molar-refractivity contribution in [3.05, 3.63) is 54.1 Å². The number of hydrogen-bond acceptors (Lipinski definition) is 4. The number of benzene rings is 2. The Morgan fingerprint density at radius 3 is 2.42 bits per heavy atom. The second-order valence-corrected chi connectivity index (χ2v) is 4.42. The van der Waals surface area contributed by atoms with Crippen molar-refractivity contribution in [3.63, 3.8) is 0 Å². The molecule has 1 atom stereocenters. The summed E-state index contributed by atoms with van der Waals surface area (Å²) in [6.45, 7) is 0.0878. The zero-order valence-electron chi connectivity index (χ0n) is 10.6. The highest BCUT2D eigenvalue weighted by Crippen LogP contribution is 2.22. The summed E-state index contributed by atoms with van der Waals surface area (Å²) < 4.78 is 0. The first-order chi connectivity index (χ1) is 9.19. The van der Waals surface area contributed by atoms with Gasteiger partial charge in [-0.2, -0.15) is 0 Å². The predicted molar refractivity (Wildman–Crippen MR) is 76.5 cm³/mol. The van der Waals surface area contributed by atoms with Gasteiger partial charge in [-0.25, -0.2) is 0 Å². The van der Waals surface area contributed by atoms with E-state index in [9.17, 15) is 5.11 Å². The average molecular weight is 258 g/mol. The molecule has 0 fully saturated rings. The third-order valence-corrected chi connectivity index (χ3v) is 2.91. The molecule has 4 heteroatoms. The summed E-state index contributed by atoms with van der Waals surface area (Å²) in [6.07, 6.45) is 0.555. The lowest BCUT2D eigenvalue weighted by atomic mass is 10.0. The fraction of sp³-hybridized carbons (Fsp3) is 0.200. The molecule has 0 radical (unpaired) electrons. The monoisotopic (exact) mass is 258 g/mol. The third-order valence-electron chi connectivity index (χ3n) is 2.91. The minimum absolute atomic E-state index is 0.0878. The highest BCUT2D eigenvalue weighted by molar-refractivity contribution is 5.61. The fourth-order valence-corrected chi connectivity index (χ4v) is 1.87. The molecular weight excluding hydrogens is 240 g/mol. The van der Waals surface area contributed by atoms with Gasteiger partial charge < -0.3 is 21.3 Å². The van der Waals surface area contributed by atoms with Crippen molar-refractivity contribution in [2.45, 2.75) is 12.5 Å². The average Bonchev–Trinajstić information content (AvgIpc) is 2.40. The van der Waals surface area contributed by atoms with Crippen LogP contribution in [0.3, 0.4) is 0 Å². The Kier molecular flexibility index (Phi) is 4.39. The molecule has 0 saturated carbocycles. The maximum atomic E-state index is 9.39. The summed E-state index contributed by atoms with van der Waals surface area (Å²) in [4.78, 5) is 0. The maximum absolute atomic E-state index is 9.39. The van der Waals surface area contributed by atoms with Crippen LogP contribution in [0.2, 0.25) is 0 Å². The number of nitrogens with two attached hydrogens (primary N) is 1. The van der Waals surface area contributed by atoms with Crippen LogP contribution in [-0.2, 0) is 0 Å². The van der Waals surface area contributed by atoms with Crippen LogP contribution in [0.4, 0.5) is 11.4 Å². The van der Waals surface area contributed by atoms with Crippen LogP contribution in [0.25, 0.3) is 0 Å². The number of aliphatic hydroxyl groups excluding tert-OH is 1. The molecule has 0 heterocycles. The van der Waals surface area contributed by atoms with Crippen LogP contribution in [0, 0.1) is 0 Å². The van der Waals surface area contributed by atoms with E-state index in [-0.39, 0.29) is 18.4 Å². The second-order valence-electron chi connectivity index (χ2n) is 4.42. The highest BCUT2D eigenvalue weighted by Gasteiger charge is 2.04. The lowest BCUT2D eigenvalue weighted by Crippen LogP contribution is -2.11. The molecular formula is C15H18N2O2. The SMILES string of the molecule is N[C@@H](CCO)c1ccc(Nc2cccc(O)c2)cc1. The number of aromatic hydroxyl groups is 1. The summed E-state index contributed by atoms with van der Waals surface area (Å²) in [5.41, 5.74) is 8.66. The molecule has 0 unspecified atom stereocenters. The summed E-state index contributed by atoms with van der Waals surface area (Å²) in [6, 6.07) is 14.5. The number of rotatable bonds is 5. The summed E-state index contributed by atoms with van der Waals surface area (Å²) in [5.74, 6) is 0.228. The Morgan fingerprint density at radius 1 is 1.05 bits per heavy atom. The van der Waals surface area contributed by atoms with Crippen LogP contribution in [0.15, 0.2) is 48.5 Å². The predicted octanol–water partition coefficient (Wildman–Crippen LogP) is 2.52. The number of nitrogens with one attached hydrogen (secondary N) is 1. The molecule has 19 heavy (non-hydrogen) atoms. The maximum Gasteiger partial charge on any atom is 0.117 e. The van der Waals surface area contributed by atoms with E-state index in [1.807, 2.05) is 30.3 Å². The molecule has 0 saturated heterocycles. The lowest BCUT2D eigenvalue weighted by Gasteiger charge is -2.12. The minimum Gasteiger partial charge on any atom is -0.508 e. The Balaban J connectivity index is 2.06. The van der Waals surface area contributed by atoms with Gasteiger partial charge in [0.2, 0.25) is 0 Å². The fourth-order valence-electron chi connectivity index (χ4n) is 1.87. The van der Waals surface area contributed by atoms with E-state index in [1.165, 1.54) is 0 Å². The molecule has 0 aliphatic carbocycles. The molecule has 5 N–H and O–H groups in total. The van der Waals surface area contributed by atoms with Crippen LogP contribution < -0.4 is 11.1 Å². The first-order valence-electron chi connectivity index (χ1n) is 6.21. The first kappa shape index (κ1) is 13.4. The Labute approximate surface area is 112 Å². The van der Waals surface area contributed by atoms with Gasteiger partial charge >= 0.3 is 0 Å². The smallest absolute Gasteiger partial charge is 0.117 e.